The van der Waals surface area contributed by atoms with E-state index in [4.69, 9.17) is 16.3 Å². The van der Waals surface area contributed by atoms with Crippen LogP contribution >= 0.6 is 11.6 Å². The molecule has 25 heavy (non-hydrogen) atoms. The molecule has 0 heterocycles. The maximum absolute atomic E-state index is 14.8. The third-order valence-electron chi connectivity index (χ3n) is 4.30. The second kappa shape index (κ2) is 7.12. The molecule has 3 aromatic carbocycles. The number of aryl methyl sites for hydroxylation is 1. The molecule has 0 aliphatic heterocycles. The van der Waals surface area contributed by atoms with Crippen molar-refractivity contribution in [3.05, 3.63) is 83.2 Å². The maximum Gasteiger partial charge on any atom is 0.149 e. The Labute approximate surface area is 152 Å². The molecule has 0 spiro atoms. The first-order valence-corrected chi connectivity index (χ1v) is 8.30. The molecule has 0 saturated heterocycles. The molecule has 0 radical (unpaired) electrons. The lowest BCUT2D eigenvalue weighted by Crippen LogP contribution is -1.98. The van der Waals surface area contributed by atoms with E-state index in [9.17, 15) is 4.39 Å². The summed E-state index contributed by atoms with van der Waals surface area (Å²) in [6.07, 6.45) is 5.45. The van der Waals surface area contributed by atoms with Gasteiger partial charge in [-0.2, -0.15) is 0 Å². The van der Waals surface area contributed by atoms with Gasteiger partial charge in [0.15, 0.2) is 0 Å². The van der Waals surface area contributed by atoms with Crippen LogP contribution in [0, 0.1) is 12.7 Å². The van der Waals surface area contributed by atoms with Gasteiger partial charge in [-0.3, -0.25) is 0 Å². The van der Waals surface area contributed by atoms with Crippen molar-refractivity contribution in [3.8, 4) is 16.9 Å². The summed E-state index contributed by atoms with van der Waals surface area (Å²) in [7, 11) is 1.60. The first-order chi connectivity index (χ1) is 12.1. The topological polar surface area (TPSA) is 9.23 Å². The number of allylic oxidation sites excluding steroid dienone is 2. The number of hydrogen-bond acceptors (Lipinski definition) is 1. The minimum atomic E-state index is -0.453. The van der Waals surface area contributed by atoms with Crippen LogP contribution in [0.4, 0.5) is 4.39 Å². The number of rotatable bonds is 4. The highest BCUT2D eigenvalue weighted by Gasteiger charge is 2.21. The molecule has 0 unspecified atom stereocenters. The largest absolute Gasteiger partial charge is 0.495 e. The molecule has 3 aromatic rings. The van der Waals surface area contributed by atoms with Crippen LogP contribution in [0.3, 0.4) is 0 Å². The van der Waals surface area contributed by atoms with Crippen molar-refractivity contribution in [2.45, 2.75) is 6.92 Å². The van der Waals surface area contributed by atoms with Crippen LogP contribution in [0.1, 0.15) is 11.1 Å². The molecule has 126 valence electrons. The van der Waals surface area contributed by atoms with Gasteiger partial charge in [0.05, 0.1) is 12.1 Å². The third kappa shape index (κ3) is 2.94. The maximum atomic E-state index is 14.8. The molecule has 0 aromatic heterocycles. The standard InChI is InChI=1S/C22H18ClFO/c1-4-5-9-16-14(2)15-10-6-7-11-17(15)22(25-3)20(16)18-12-8-13-19(23)21(18)24/h4-13H,1H2,2-3H3/b9-5-. The average molecular weight is 353 g/mol. The lowest BCUT2D eigenvalue weighted by atomic mass is 9.89. The van der Waals surface area contributed by atoms with E-state index in [-0.39, 0.29) is 5.02 Å². The van der Waals surface area contributed by atoms with Gasteiger partial charge in [0.1, 0.15) is 11.6 Å². The van der Waals surface area contributed by atoms with E-state index in [1.807, 2.05) is 43.3 Å². The lowest BCUT2D eigenvalue weighted by Gasteiger charge is -2.19. The van der Waals surface area contributed by atoms with E-state index in [1.165, 1.54) is 0 Å². The van der Waals surface area contributed by atoms with Crippen LogP contribution in [0.25, 0.3) is 28.0 Å². The second-order valence-electron chi connectivity index (χ2n) is 5.69. The number of ether oxygens (including phenoxy) is 1. The minimum Gasteiger partial charge on any atom is -0.495 e. The summed E-state index contributed by atoms with van der Waals surface area (Å²) in [5.41, 5.74) is 3.04. The zero-order chi connectivity index (χ0) is 18.0. The molecule has 3 heteroatoms. The van der Waals surface area contributed by atoms with Gasteiger partial charge in [0.2, 0.25) is 0 Å². The van der Waals surface area contributed by atoms with Gasteiger partial charge in [-0.1, -0.05) is 72.8 Å². The Balaban J connectivity index is 2.53. The SMILES string of the molecule is C=C/C=C\c1c(-c2cccc(Cl)c2F)c(OC)c2ccccc2c1C. The Morgan fingerprint density at radius 2 is 1.80 bits per heavy atom. The average Bonchev–Trinajstić information content (AvgIpc) is 2.63. The Morgan fingerprint density at radius 3 is 2.48 bits per heavy atom. The Bertz CT molecular complexity index is 989. The van der Waals surface area contributed by atoms with Gasteiger partial charge in [0.25, 0.3) is 0 Å². The fraction of sp³-hybridized carbons (Fsp3) is 0.0909. The van der Waals surface area contributed by atoms with Gasteiger partial charge in [-0.05, 0) is 29.5 Å². The fourth-order valence-corrected chi connectivity index (χ4v) is 3.32. The van der Waals surface area contributed by atoms with E-state index in [0.717, 1.165) is 21.9 Å². The highest BCUT2D eigenvalue weighted by atomic mass is 35.5. The van der Waals surface area contributed by atoms with Crippen molar-refractivity contribution in [2.24, 2.45) is 0 Å². The van der Waals surface area contributed by atoms with Crippen molar-refractivity contribution in [1.29, 1.82) is 0 Å². The van der Waals surface area contributed by atoms with E-state index in [1.54, 1.807) is 31.4 Å². The van der Waals surface area contributed by atoms with Gasteiger partial charge in [-0.15, -0.1) is 0 Å². The van der Waals surface area contributed by atoms with Crippen LogP contribution in [0.2, 0.25) is 5.02 Å². The molecule has 0 fully saturated rings. The van der Waals surface area contributed by atoms with Crippen LogP contribution < -0.4 is 4.74 Å². The summed E-state index contributed by atoms with van der Waals surface area (Å²) in [6.45, 7) is 5.76. The molecule has 0 atom stereocenters. The van der Waals surface area contributed by atoms with Crippen molar-refractivity contribution in [1.82, 2.24) is 0 Å². The van der Waals surface area contributed by atoms with E-state index in [0.29, 0.717) is 16.9 Å². The van der Waals surface area contributed by atoms with Crippen LogP contribution in [-0.2, 0) is 0 Å². The first-order valence-electron chi connectivity index (χ1n) is 7.93. The number of hydrogen-bond donors (Lipinski definition) is 0. The zero-order valence-electron chi connectivity index (χ0n) is 14.1. The molecule has 0 amide bonds. The summed E-state index contributed by atoms with van der Waals surface area (Å²) in [5, 5.41) is 2.09. The van der Waals surface area contributed by atoms with Crippen LogP contribution in [0.15, 0.2) is 61.2 Å². The molecule has 0 N–H and O–H groups in total. The highest BCUT2D eigenvalue weighted by Crippen LogP contribution is 2.44. The number of halogens is 2. The van der Waals surface area contributed by atoms with Crippen molar-refractivity contribution >= 4 is 28.4 Å². The number of benzene rings is 3. The van der Waals surface area contributed by atoms with Crippen molar-refractivity contribution in [3.63, 3.8) is 0 Å². The number of methoxy groups -OCH3 is 1. The summed E-state index contributed by atoms with van der Waals surface area (Å²) < 4.78 is 20.5. The summed E-state index contributed by atoms with van der Waals surface area (Å²) in [4.78, 5) is 0. The molecular weight excluding hydrogens is 335 g/mol. The van der Waals surface area contributed by atoms with Crippen LogP contribution in [-0.4, -0.2) is 7.11 Å². The summed E-state index contributed by atoms with van der Waals surface area (Å²) in [6, 6.07) is 13.0. The molecule has 0 aliphatic carbocycles. The normalized spacial score (nSPS) is 11.2. The zero-order valence-corrected chi connectivity index (χ0v) is 14.9. The summed E-state index contributed by atoms with van der Waals surface area (Å²) >= 11 is 6.02. The Hall–Kier alpha value is -2.58. The van der Waals surface area contributed by atoms with E-state index < -0.39 is 5.82 Å². The van der Waals surface area contributed by atoms with Gasteiger partial charge in [-0.25, -0.2) is 4.39 Å². The first kappa shape index (κ1) is 17.2. The summed E-state index contributed by atoms with van der Waals surface area (Å²) in [5.74, 6) is 0.177. The van der Waals surface area contributed by atoms with E-state index >= 15 is 0 Å². The minimum absolute atomic E-state index is 0.0871. The second-order valence-corrected chi connectivity index (χ2v) is 6.10. The molecule has 3 rings (SSSR count). The monoisotopic (exact) mass is 352 g/mol. The molecular formula is C22H18ClFO. The molecule has 1 nitrogen and oxygen atoms in total. The Morgan fingerprint density at radius 1 is 1.08 bits per heavy atom. The van der Waals surface area contributed by atoms with Gasteiger partial charge >= 0.3 is 0 Å². The lowest BCUT2D eigenvalue weighted by molar-refractivity contribution is 0.421. The molecule has 0 bridgehead atoms. The molecule has 0 aliphatic rings. The Kier molecular flexibility index (Phi) is 4.91. The van der Waals surface area contributed by atoms with Crippen LogP contribution in [0.5, 0.6) is 5.75 Å². The van der Waals surface area contributed by atoms with Crippen molar-refractivity contribution in [2.75, 3.05) is 7.11 Å². The smallest absolute Gasteiger partial charge is 0.149 e. The predicted molar refractivity (Wildman–Crippen MR) is 105 cm³/mol. The van der Waals surface area contributed by atoms with Gasteiger partial charge < -0.3 is 4.74 Å². The number of fused-ring (bicyclic) bond motifs is 1. The van der Waals surface area contributed by atoms with Crippen molar-refractivity contribution < 1.29 is 9.13 Å². The molecule has 0 saturated carbocycles. The quantitative estimate of drug-likeness (QED) is 0.468. The fourth-order valence-electron chi connectivity index (χ4n) is 3.15. The van der Waals surface area contributed by atoms with E-state index in [2.05, 4.69) is 6.58 Å². The van der Waals surface area contributed by atoms with Gasteiger partial charge in [0, 0.05) is 16.5 Å². The third-order valence-corrected chi connectivity index (χ3v) is 4.59. The predicted octanol–water partition coefficient (Wildman–Crippen LogP) is 6.82. The highest BCUT2D eigenvalue weighted by molar-refractivity contribution is 6.31.